The molecule has 2 aliphatic heterocycles. The number of benzene rings is 2. The smallest absolute Gasteiger partial charge is 0.250 e. The van der Waals surface area contributed by atoms with E-state index < -0.39 is 15.6 Å². The van der Waals surface area contributed by atoms with Gasteiger partial charge in [0.2, 0.25) is 21.8 Å². The van der Waals surface area contributed by atoms with E-state index in [1.807, 2.05) is 42.5 Å². The van der Waals surface area contributed by atoms with Crippen molar-refractivity contribution < 1.29 is 18.0 Å². The van der Waals surface area contributed by atoms with E-state index in [9.17, 15) is 18.0 Å². The zero-order valence-corrected chi connectivity index (χ0v) is 22.6. The highest BCUT2D eigenvalue weighted by Crippen LogP contribution is 2.40. The molecule has 2 aromatic carbocycles. The number of carbonyl (C=O) groups excluding carboxylic acids is 2. The Labute approximate surface area is 219 Å². The number of amides is 2. The van der Waals surface area contributed by atoms with Gasteiger partial charge in [-0.05, 0) is 60.9 Å². The van der Waals surface area contributed by atoms with Gasteiger partial charge in [-0.25, -0.2) is 8.42 Å². The Morgan fingerprint density at radius 2 is 1.62 bits per heavy atom. The minimum absolute atomic E-state index is 0.0164. The minimum atomic E-state index is -3.68. The highest BCUT2D eigenvalue weighted by Gasteiger charge is 2.55. The molecule has 0 radical (unpaired) electrons. The van der Waals surface area contributed by atoms with E-state index in [0.29, 0.717) is 19.5 Å². The van der Waals surface area contributed by atoms with Crippen molar-refractivity contribution in [2.45, 2.75) is 68.3 Å². The third-order valence-corrected chi connectivity index (χ3v) is 9.68. The molecule has 8 nitrogen and oxygen atoms in total. The topological polar surface area (TPSA) is 90.0 Å². The van der Waals surface area contributed by atoms with Crippen LogP contribution in [0.25, 0.3) is 0 Å². The van der Waals surface area contributed by atoms with Crippen molar-refractivity contribution >= 4 is 27.5 Å². The fraction of sp³-hybridized carbons (Fsp3) is 0.500. The van der Waals surface area contributed by atoms with Gasteiger partial charge >= 0.3 is 0 Å². The first-order valence-electron chi connectivity index (χ1n) is 13.0. The van der Waals surface area contributed by atoms with E-state index in [1.54, 1.807) is 17.0 Å². The van der Waals surface area contributed by atoms with Gasteiger partial charge in [0.15, 0.2) is 0 Å². The molecule has 3 aliphatic rings. The van der Waals surface area contributed by atoms with Crippen LogP contribution >= 0.6 is 0 Å². The standard InChI is InChI=1S/C28H36N4O4S/c1-27(2,3)21-9-13-24(14-10-21)37(35,36)31-17-15-28(16-18-31)26(34)30(19-25(33)29-22-11-12-22)20-32(28)23-7-5-4-6-8-23/h4-10,13-14,22H,11-12,15-20H2,1-3H3,(H,29,33). The Balaban J connectivity index is 1.36. The molecule has 9 heteroatoms. The Bertz CT molecular complexity index is 1260. The SMILES string of the molecule is CC(C)(C)c1ccc(S(=O)(=O)N2CCC3(CC2)C(=O)N(CC(=O)NC2CC2)CN3c2ccccc2)cc1. The molecule has 1 saturated carbocycles. The summed E-state index contributed by atoms with van der Waals surface area (Å²) in [6.45, 7) is 7.08. The number of sulfonamides is 1. The first-order chi connectivity index (χ1) is 17.5. The van der Waals surface area contributed by atoms with Crippen LogP contribution in [0, 0.1) is 0 Å². The summed E-state index contributed by atoms with van der Waals surface area (Å²) in [6, 6.07) is 17.0. The summed E-state index contributed by atoms with van der Waals surface area (Å²) in [4.78, 5) is 30.3. The van der Waals surface area contributed by atoms with E-state index in [0.717, 1.165) is 24.1 Å². The molecule has 2 heterocycles. The predicted molar refractivity (Wildman–Crippen MR) is 143 cm³/mol. The van der Waals surface area contributed by atoms with Crippen LogP contribution < -0.4 is 10.2 Å². The average Bonchev–Trinajstić information content (AvgIpc) is 3.66. The molecule has 0 unspecified atom stereocenters. The highest BCUT2D eigenvalue weighted by molar-refractivity contribution is 7.89. The molecule has 0 atom stereocenters. The molecule has 0 aromatic heterocycles. The van der Waals surface area contributed by atoms with Crippen molar-refractivity contribution in [3.05, 3.63) is 60.2 Å². The van der Waals surface area contributed by atoms with Gasteiger partial charge in [0.05, 0.1) is 11.6 Å². The maximum Gasteiger partial charge on any atom is 0.250 e. The number of nitrogens with zero attached hydrogens (tertiary/aromatic N) is 3. The number of nitrogens with one attached hydrogen (secondary N) is 1. The second-order valence-corrected chi connectivity index (χ2v) is 13.4. The molecular formula is C28H36N4O4S. The molecule has 5 rings (SSSR count). The number of hydrogen-bond acceptors (Lipinski definition) is 5. The lowest BCUT2D eigenvalue weighted by Gasteiger charge is -2.42. The summed E-state index contributed by atoms with van der Waals surface area (Å²) >= 11 is 0. The number of rotatable bonds is 6. The monoisotopic (exact) mass is 524 g/mol. The minimum Gasteiger partial charge on any atom is -0.352 e. The lowest BCUT2D eigenvalue weighted by molar-refractivity contribution is -0.137. The van der Waals surface area contributed by atoms with Crippen LogP contribution in [0.1, 0.15) is 52.0 Å². The van der Waals surface area contributed by atoms with Gasteiger partial charge in [-0.3, -0.25) is 9.59 Å². The normalized spacial score (nSPS) is 20.5. The number of piperidine rings is 1. The second kappa shape index (κ2) is 9.44. The summed E-state index contributed by atoms with van der Waals surface area (Å²) in [7, 11) is -3.68. The molecule has 3 fully saturated rings. The first-order valence-corrected chi connectivity index (χ1v) is 14.5. The van der Waals surface area contributed by atoms with E-state index in [1.165, 1.54) is 4.31 Å². The Kier molecular flexibility index (Phi) is 6.56. The molecular weight excluding hydrogens is 488 g/mol. The molecule has 2 amide bonds. The van der Waals surface area contributed by atoms with Gasteiger partial charge in [-0.15, -0.1) is 0 Å². The van der Waals surface area contributed by atoms with Crippen molar-refractivity contribution in [2.75, 3.05) is 31.2 Å². The van der Waals surface area contributed by atoms with Crippen molar-refractivity contribution in [3.8, 4) is 0 Å². The molecule has 1 aliphatic carbocycles. The van der Waals surface area contributed by atoms with E-state index in [-0.39, 0.29) is 47.8 Å². The van der Waals surface area contributed by atoms with Gasteiger partial charge in [0.1, 0.15) is 12.1 Å². The van der Waals surface area contributed by atoms with Gasteiger partial charge in [0.25, 0.3) is 0 Å². The second-order valence-electron chi connectivity index (χ2n) is 11.5. The van der Waals surface area contributed by atoms with Crippen molar-refractivity contribution in [1.29, 1.82) is 0 Å². The van der Waals surface area contributed by atoms with Crippen LogP contribution in [0.4, 0.5) is 5.69 Å². The van der Waals surface area contributed by atoms with Crippen LogP contribution in [0.5, 0.6) is 0 Å². The number of carbonyl (C=O) groups is 2. The van der Waals surface area contributed by atoms with Crippen LogP contribution in [-0.2, 0) is 25.0 Å². The molecule has 2 saturated heterocycles. The number of para-hydroxylation sites is 1. The molecule has 1 N–H and O–H groups in total. The Morgan fingerprint density at radius 3 is 2.19 bits per heavy atom. The quantitative estimate of drug-likeness (QED) is 0.627. The lowest BCUT2D eigenvalue weighted by Crippen LogP contribution is -2.57. The summed E-state index contributed by atoms with van der Waals surface area (Å²) in [6.07, 6.45) is 2.70. The van der Waals surface area contributed by atoms with Gasteiger partial charge in [-0.1, -0.05) is 51.1 Å². The highest BCUT2D eigenvalue weighted by atomic mass is 32.2. The fourth-order valence-electron chi connectivity index (χ4n) is 5.37. The first kappa shape index (κ1) is 25.7. The molecule has 2 aromatic rings. The Hall–Kier alpha value is -2.91. The maximum atomic E-state index is 13.8. The predicted octanol–water partition coefficient (Wildman–Crippen LogP) is 3.09. The van der Waals surface area contributed by atoms with Crippen LogP contribution in [0.3, 0.4) is 0 Å². The van der Waals surface area contributed by atoms with Crippen molar-refractivity contribution in [1.82, 2.24) is 14.5 Å². The van der Waals surface area contributed by atoms with E-state index in [4.69, 9.17) is 0 Å². The summed E-state index contributed by atoms with van der Waals surface area (Å²) < 4.78 is 28.4. The Morgan fingerprint density at radius 1 is 1.00 bits per heavy atom. The fourth-order valence-corrected chi connectivity index (χ4v) is 6.81. The van der Waals surface area contributed by atoms with Gasteiger partial charge < -0.3 is 15.1 Å². The molecule has 0 bridgehead atoms. The summed E-state index contributed by atoms with van der Waals surface area (Å²) in [5, 5.41) is 2.97. The third kappa shape index (κ3) is 4.99. The molecule has 198 valence electrons. The van der Waals surface area contributed by atoms with Crippen LogP contribution in [-0.4, -0.2) is 67.3 Å². The largest absolute Gasteiger partial charge is 0.352 e. The summed E-state index contributed by atoms with van der Waals surface area (Å²) in [5.41, 5.74) is 1.04. The van der Waals surface area contributed by atoms with Gasteiger partial charge in [-0.2, -0.15) is 4.31 Å². The zero-order valence-electron chi connectivity index (χ0n) is 21.8. The molecule has 1 spiro atoms. The van der Waals surface area contributed by atoms with Crippen molar-refractivity contribution in [3.63, 3.8) is 0 Å². The average molecular weight is 525 g/mol. The zero-order chi connectivity index (χ0) is 26.4. The maximum absolute atomic E-state index is 13.8. The van der Waals surface area contributed by atoms with Crippen LogP contribution in [0.15, 0.2) is 59.5 Å². The summed E-state index contributed by atoms with van der Waals surface area (Å²) in [5.74, 6) is -0.242. The lowest BCUT2D eigenvalue weighted by atomic mass is 9.86. The van der Waals surface area contributed by atoms with Crippen LogP contribution in [0.2, 0.25) is 0 Å². The number of hydrogen-bond donors (Lipinski definition) is 1. The van der Waals surface area contributed by atoms with Gasteiger partial charge in [0, 0.05) is 24.8 Å². The van der Waals surface area contributed by atoms with E-state index in [2.05, 4.69) is 31.0 Å². The third-order valence-electron chi connectivity index (χ3n) is 7.77. The van der Waals surface area contributed by atoms with E-state index >= 15 is 0 Å². The number of anilines is 1. The van der Waals surface area contributed by atoms with Crippen molar-refractivity contribution in [2.24, 2.45) is 0 Å². The molecule has 37 heavy (non-hydrogen) atoms.